The highest BCUT2D eigenvalue weighted by atomic mass is 19.1. The van der Waals surface area contributed by atoms with Gasteiger partial charge in [0.2, 0.25) is 5.91 Å². The molecule has 0 bridgehead atoms. The summed E-state index contributed by atoms with van der Waals surface area (Å²) < 4.78 is 12.9. The zero-order chi connectivity index (χ0) is 10.7. The van der Waals surface area contributed by atoms with E-state index in [-0.39, 0.29) is 11.7 Å². The van der Waals surface area contributed by atoms with Crippen LogP contribution in [-0.4, -0.2) is 17.9 Å². The van der Waals surface area contributed by atoms with Crippen molar-refractivity contribution in [2.75, 3.05) is 7.05 Å². The van der Waals surface area contributed by atoms with E-state index >= 15 is 0 Å². The minimum atomic E-state index is -0.209. The van der Waals surface area contributed by atoms with Gasteiger partial charge in [-0.3, -0.25) is 4.79 Å². The monoisotopic (exact) mass is 195 g/mol. The standard InChI is InChI=1S/C11H14FNO/c1-8-6-10(4-5-11(8)12)7-13(3)9(2)14/h4-6H,7H2,1-3H3. The molecule has 0 saturated heterocycles. The minimum absolute atomic E-state index is 0.00646. The number of aryl methyl sites for hydroxylation is 1. The molecule has 3 heteroatoms. The lowest BCUT2D eigenvalue weighted by Gasteiger charge is -2.14. The molecule has 0 radical (unpaired) electrons. The Kier molecular flexibility index (Phi) is 3.23. The summed E-state index contributed by atoms with van der Waals surface area (Å²) in [7, 11) is 1.72. The molecular weight excluding hydrogens is 181 g/mol. The van der Waals surface area contributed by atoms with Crippen LogP contribution in [0.15, 0.2) is 18.2 Å². The van der Waals surface area contributed by atoms with Crippen LogP contribution in [0, 0.1) is 12.7 Å². The highest BCUT2D eigenvalue weighted by molar-refractivity contribution is 5.72. The van der Waals surface area contributed by atoms with Crippen LogP contribution in [-0.2, 0) is 11.3 Å². The molecule has 1 aromatic rings. The van der Waals surface area contributed by atoms with E-state index in [4.69, 9.17) is 0 Å². The molecule has 0 aliphatic rings. The Labute approximate surface area is 83.3 Å². The summed E-state index contributed by atoms with van der Waals surface area (Å²) in [6.45, 7) is 3.75. The van der Waals surface area contributed by atoms with Gasteiger partial charge in [-0.2, -0.15) is 0 Å². The molecule has 0 N–H and O–H groups in total. The number of carbonyl (C=O) groups is 1. The van der Waals surface area contributed by atoms with Crippen molar-refractivity contribution in [2.45, 2.75) is 20.4 Å². The van der Waals surface area contributed by atoms with Crippen LogP contribution >= 0.6 is 0 Å². The first kappa shape index (κ1) is 10.7. The topological polar surface area (TPSA) is 20.3 Å². The highest BCUT2D eigenvalue weighted by Gasteiger charge is 2.04. The quantitative estimate of drug-likeness (QED) is 0.707. The van der Waals surface area contributed by atoms with Gasteiger partial charge in [0, 0.05) is 20.5 Å². The highest BCUT2D eigenvalue weighted by Crippen LogP contribution is 2.10. The maximum atomic E-state index is 12.9. The van der Waals surface area contributed by atoms with Crippen LogP contribution in [0.3, 0.4) is 0 Å². The zero-order valence-electron chi connectivity index (χ0n) is 8.67. The van der Waals surface area contributed by atoms with Gasteiger partial charge >= 0.3 is 0 Å². The van der Waals surface area contributed by atoms with Crippen molar-refractivity contribution in [3.8, 4) is 0 Å². The first-order valence-corrected chi connectivity index (χ1v) is 4.47. The van der Waals surface area contributed by atoms with Crippen molar-refractivity contribution >= 4 is 5.91 Å². The van der Waals surface area contributed by atoms with Gasteiger partial charge in [-0.05, 0) is 24.1 Å². The van der Waals surface area contributed by atoms with Crippen LogP contribution < -0.4 is 0 Å². The Balaban J connectivity index is 2.78. The Bertz CT molecular complexity index is 349. The first-order chi connectivity index (χ1) is 6.50. The van der Waals surface area contributed by atoms with Crippen molar-refractivity contribution in [1.82, 2.24) is 4.90 Å². The van der Waals surface area contributed by atoms with Crippen molar-refractivity contribution in [3.63, 3.8) is 0 Å². The van der Waals surface area contributed by atoms with Gasteiger partial charge in [-0.1, -0.05) is 12.1 Å². The lowest BCUT2D eigenvalue weighted by atomic mass is 10.1. The second kappa shape index (κ2) is 4.22. The lowest BCUT2D eigenvalue weighted by Crippen LogP contribution is -2.23. The molecule has 0 aliphatic carbocycles. The molecule has 14 heavy (non-hydrogen) atoms. The van der Waals surface area contributed by atoms with E-state index in [2.05, 4.69) is 0 Å². The van der Waals surface area contributed by atoms with E-state index in [9.17, 15) is 9.18 Å². The second-order valence-corrected chi connectivity index (χ2v) is 3.46. The average Bonchev–Trinajstić information content (AvgIpc) is 2.11. The fraction of sp³-hybridized carbons (Fsp3) is 0.364. The molecule has 0 atom stereocenters. The van der Waals surface area contributed by atoms with Gasteiger partial charge in [0.15, 0.2) is 0 Å². The summed E-state index contributed by atoms with van der Waals surface area (Å²) in [4.78, 5) is 12.5. The molecule has 0 unspecified atom stereocenters. The molecule has 0 aliphatic heterocycles. The summed E-state index contributed by atoms with van der Waals surface area (Å²) in [6, 6.07) is 4.88. The fourth-order valence-corrected chi connectivity index (χ4v) is 1.19. The van der Waals surface area contributed by atoms with Crippen LogP contribution in [0.2, 0.25) is 0 Å². The van der Waals surface area contributed by atoms with Crippen molar-refractivity contribution in [2.24, 2.45) is 0 Å². The van der Waals surface area contributed by atoms with Gasteiger partial charge < -0.3 is 4.90 Å². The molecule has 0 saturated carbocycles. The molecule has 76 valence electrons. The van der Waals surface area contributed by atoms with E-state index in [1.807, 2.05) is 0 Å². The third-order valence-corrected chi connectivity index (χ3v) is 2.18. The maximum absolute atomic E-state index is 12.9. The Morgan fingerprint density at radius 1 is 1.50 bits per heavy atom. The SMILES string of the molecule is CC(=O)N(C)Cc1ccc(F)c(C)c1. The predicted molar refractivity (Wildman–Crippen MR) is 53.3 cm³/mol. The molecule has 0 heterocycles. The summed E-state index contributed by atoms with van der Waals surface area (Å²) >= 11 is 0. The Hall–Kier alpha value is -1.38. The van der Waals surface area contributed by atoms with Crippen LogP contribution in [0.25, 0.3) is 0 Å². The summed E-state index contributed by atoms with van der Waals surface area (Å²) in [5.74, 6) is -0.203. The molecule has 2 nitrogen and oxygen atoms in total. The van der Waals surface area contributed by atoms with E-state index in [0.29, 0.717) is 12.1 Å². The molecule has 1 rings (SSSR count). The van der Waals surface area contributed by atoms with E-state index in [1.165, 1.54) is 13.0 Å². The zero-order valence-corrected chi connectivity index (χ0v) is 8.67. The molecule has 1 aromatic carbocycles. The lowest BCUT2D eigenvalue weighted by molar-refractivity contribution is -0.128. The van der Waals surface area contributed by atoms with E-state index in [0.717, 1.165) is 5.56 Å². The summed E-state index contributed by atoms with van der Waals surface area (Å²) in [5.41, 5.74) is 1.56. The summed E-state index contributed by atoms with van der Waals surface area (Å²) in [5, 5.41) is 0. The molecular formula is C11H14FNO. The minimum Gasteiger partial charge on any atom is -0.342 e. The van der Waals surface area contributed by atoms with E-state index < -0.39 is 0 Å². The van der Waals surface area contributed by atoms with Gasteiger partial charge in [-0.25, -0.2) is 4.39 Å². The second-order valence-electron chi connectivity index (χ2n) is 3.46. The van der Waals surface area contributed by atoms with Crippen molar-refractivity contribution < 1.29 is 9.18 Å². The third-order valence-electron chi connectivity index (χ3n) is 2.18. The normalized spacial score (nSPS) is 10.0. The van der Waals surface area contributed by atoms with Gasteiger partial charge in [0.25, 0.3) is 0 Å². The van der Waals surface area contributed by atoms with Crippen molar-refractivity contribution in [1.29, 1.82) is 0 Å². The molecule has 0 fully saturated rings. The molecule has 1 amide bonds. The summed E-state index contributed by atoms with van der Waals surface area (Å²) in [6.07, 6.45) is 0. The molecule has 0 spiro atoms. The number of benzene rings is 1. The van der Waals surface area contributed by atoms with Crippen molar-refractivity contribution in [3.05, 3.63) is 35.1 Å². The Morgan fingerprint density at radius 2 is 2.14 bits per heavy atom. The third kappa shape index (κ3) is 2.55. The number of amides is 1. The van der Waals surface area contributed by atoms with Crippen LogP contribution in [0.4, 0.5) is 4.39 Å². The van der Waals surface area contributed by atoms with Gasteiger partial charge in [0.05, 0.1) is 0 Å². The van der Waals surface area contributed by atoms with Gasteiger partial charge in [-0.15, -0.1) is 0 Å². The number of rotatable bonds is 2. The number of hydrogen-bond donors (Lipinski definition) is 0. The fourth-order valence-electron chi connectivity index (χ4n) is 1.19. The number of halogens is 1. The number of nitrogens with zero attached hydrogens (tertiary/aromatic N) is 1. The average molecular weight is 195 g/mol. The van der Waals surface area contributed by atoms with Crippen LogP contribution in [0.5, 0.6) is 0 Å². The molecule has 0 aromatic heterocycles. The smallest absolute Gasteiger partial charge is 0.219 e. The van der Waals surface area contributed by atoms with E-state index in [1.54, 1.807) is 31.0 Å². The maximum Gasteiger partial charge on any atom is 0.219 e. The van der Waals surface area contributed by atoms with Gasteiger partial charge in [0.1, 0.15) is 5.82 Å². The van der Waals surface area contributed by atoms with Crippen LogP contribution in [0.1, 0.15) is 18.1 Å². The largest absolute Gasteiger partial charge is 0.342 e. The Morgan fingerprint density at radius 3 is 2.64 bits per heavy atom. The predicted octanol–water partition coefficient (Wildman–Crippen LogP) is 2.11. The number of hydrogen-bond acceptors (Lipinski definition) is 1. The first-order valence-electron chi connectivity index (χ1n) is 4.47. The number of carbonyl (C=O) groups excluding carboxylic acids is 1.